The minimum Gasteiger partial charge on any atom is -0.492 e. The molecule has 402 valence electrons. The van der Waals surface area contributed by atoms with Gasteiger partial charge in [0.05, 0.1) is 57.9 Å². The molecule has 0 radical (unpaired) electrons. The Morgan fingerprint density at radius 2 is 1.55 bits per heavy atom. The van der Waals surface area contributed by atoms with E-state index in [1.54, 1.807) is 48.5 Å². The Morgan fingerprint density at radius 3 is 2.26 bits per heavy atom. The lowest BCUT2D eigenvalue weighted by molar-refractivity contribution is -0.141. The second-order valence-corrected chi connectivity index (χ2v) is 20.6. The van der Waals surface area contributed by atoms with Crippen LogP contribution in [0.3, 0.4) is 0 Å². The van der Waals surface area contributed by atoms with Crippen LogP contribution >= 0.6 is 0 Å². The van der Waals surface area contributed by atoms with Gasteiger partial charge in [-0.1, -0.05) is 26.0 Å². The largest absolute Gasteiger partial charge is 0.492 e. The molecule has 4 N–H and O–H groups in total. The van der Waals surface area contributed by atoms with Crippen LogP contribution in [0.4, 0.5) is 59.1 Å². The van der Waals surface area contributed by atoms with Crippen molar-refractivity contribution in [3.05, 3.63) is 119 Å². The molecule has 2 fully saturated rings. The molecule has 1 aliphatic carbocycles. The molecule has 18 nitrogen and oxygen atoms in total. The van der Waals surface area contributed by atoms with Gasteiger partial charge < -0.3 is 45.4 Å². The van der Waals surface area contributed by atoms with E-state index in [0.29, 0.717) is 78.7 Å². The predicted octanol–water partition coefficient (Wildman–Crippen LogP) is 8.62. The topological polar surface area (TPSA) is 197 Å². The van der Waals surface area contributed by atoms with Crippen molar-refractivity contribution in [2.24, 2.45) is 17.1 Å². The summed E-state index contributed by atoms with van der Waals surface area (Å²) >= 11 is 0. The molecule has 0 atom stereocenters. The van der Waals surface area contributed by atoms with Crippen LogP contribution < -0.4 is 40.5 Å². The van der Waals surface area contributed by atoms with Crippen LogP contribution in [-0.4, -0.2) is 126 Å². The van der Waals surface area contributed by atoms with Gasteiger partial charge in [-0.15, -0.1) is 0 Å². The summed E-state index contributed by atoms with van der Waals surface area (Å²) in [5, 5.41) is 10.4. The molecule has 2 saturated heterocycles. The van der Waals surface area contributed by atoms with Gasteiger partial charge in [-0.3, -0.25) is 24.1 Å². The fourth-order valence-electron chi connectivity index (χ4n) is 10.7. The third kappa shape index (κ3) is 10.8. The first kappa shape index (κ1) is 52.3. The molecule has 3 amide bonds. The molecule has 10 rings (SSSR count). The van der Waals surface area contributed by atoms with Crippen molar-refractivity contribution < 1.29 is 41.8 Å². The standard InChI is InChI=1S/C56H61F3N12O6/c1-6-76-47-30-36(14-18-41(47)63-54-61-33-45-51(64-54)66(4)43-10-8-7-9-40(43)53(75)67(45)5)69-21-19-34(20-22-69)52(74)70-25-23-68(24-26-70)27-28-77-38-15-11-35(12-16-38)62-42-29-37(13-17-39(42)50(60)73)71-44-31-55(2,3)32-46(72)48(44)49(65-71)56(57,58)59/h7-18,29-30,33-34,62H,6,19-28,31-32H2,1-5H3,(H2,60,73)(H,61,63,64). The third-order valence-electron chi connectivity index (χ3n) is 14.8. The van der Waals surface area contributed by atoms with E-state index in [4.69, 9.17) is 20.2 Å². The average molecular weight is 1060 g/mol. The van der Waals surface area contributed by atoms with Crippen LogP contribution in [0.25, 0.3) is 5.69 Å². The zero-order chi connectivity index (χ0) is 54.3. The Balaban J connectivity index is 0.695. The number of ketones is 1. The van der Waals surface area contributed by atoms with E-state index >= 15 is 0 Å². The highest BCUT2D eigenvalue weighted by atomic mass is 19.4. The number of halogens is 3. The first-order valence-corrected chi connectivity index (χ1v) is 25.8. The number of para-hydroxylation sites is 1. The van der Waals surface area contributed by atoms with E-state index in [1.807, 2.05) is 74.0 Å². The number of nitrogens with two attached hydrogens (primary N) is 1. The summed E-state index contributed by atoms with van der Waals surface area (Å²) in [5.74, 6) is 0.853. The van der Waals surface area contributed by atoms with Gasteiger partial charge in [-0.25, -0.2) is 9.67 Å². The number of rotatable bonds is 14. The summed E-state index contributed by atoms with van der Waals surface area (Å²) in [4.78, 5) is 72.0. The normalized spacial score (nSPS) is 16.8. The smallest absolute Gasteiger partial charge is 0.435 e. The molecule has 5 heterocycles. The zero-order valence-corrected chi connectivity index (χ0v) is 43.6. The van der Waals surface area contributed by atoms with E-state index in [-0.39, 0.29) is 53.2 Å². The van der Waals surface area contributed by atoms with Gasteiger partial charge in [0.25, 0.3) is 11.8 Å². The molecule has 77 heavy (non-hydrogen) atoms. The number of piperazine rings is 1. The van der Waals surface area contributed by atoms with Crippen molar-refractivity contribution in [2.45, 2.75) is 52.6 Å². The summed E-state index contributed by atoms with van der Waals surface area (Å²) in [7, 11) is 3.60. The highest BCUT2D eigenvalue weighted by Crippen LogP contribution is 2.43. The average Bonchev–Trinajstić information content (AvgIpc) is 3.81. The predicted molar refractivity (Wildman–Crippen MR) is 287 cm³/mol. The Bertz CT molecular complexity index is 3240. The van der Waals surface area contributed by atoms with Crippen molar-refractivity contribution in [3.8, 4) is 17.2 Å². The number of primary amides is 1. The molecule has 0 saturated carbocycles. The number of ether oxygens (including phenoxy) is 2. The van der Waals surface area contributed by atoms with E-state index in [2.05, 4.69) is 30.5 Å². The molecular weight excluding hydrogens is 994 g/mol. The number of Topliss-reactive ketones (excluding diaryl/α,β-unsaturated/α-hetero) is 1. The quantitative estimate of drug-likeness (QED) is 0.0938. The minimum atomic E-state index is -4.84. The molecule has 0 unspecified atom stereocenters. The third-order valence-corrected chi connectivity index (χ3v) is 14.8. The number of aromatic nitrogens is 4. The number of benzene rings is 4. The highest BCUT2D eigenvalue weighted by molar-refractivity contribution is 6.13. The number of carbonyl (C=O) groups is 4. The summed E-state index contributed by atoms with van der Waals surface area (Å²) < 4.78 is 55.8. The minimum absolute atomic E-state index is 0.0313. The van der Waals surface area contributed by atoms with E-state index in [9.17, 15) is 32.3 Å². The van der Waals surface area contributed by atoms with Gasteiger partial charge >= 0.3 is 6.18 Å². The maximum absolute atomic E-state index is 14.1. The number of hydrogen-bond acceptors (Lipinski definition) is 14. The highest BCUT2D eigenvalue weighted by Gasteiger charge is 2.45. The van der Waals surface area contributed by atoms with Gasteiger partial charge in [-0.05, 0) is 98.3 Å². The molecule has 21 heteroatoms. The maximum atomic E-state index is 14.1. The number of amides is 3. The zero-order valence-electron chi connectivity index (χ0n) is 43.6. The van der Waals surface area contributed by atoms with Crippen molar-refractivity contribution >= 4 is 69.4 Å². The Morgan fingerprint density at radius 1 is 0.818 bits per heavy atom. The first-order chi connectivity index (χ1) is 36.8. The van der Waals surface area contributed by atoms with Gasteiger partial charge in [0.15, 0.2) is 17.3 Å². The monoisotopic (exact) mass is 1050 g/mol. The number of nitrogens with one attached hydrogen (secondary N) is 2. The van der Waals surface area contributed by atoms with Crippen molar-refractivity contribution in [3.63, 3.8) is 0 Å². The Kier molecular flexibility index (Phi) is 14.3. The summed E-state index contributed by atoms with van der Waals surface area (Å²) in [6.07, 6.45) is -1.55. The second-order valence-electron chi connectivity index (χ2n) is 20.6. The molecule has 4 aliphatic rings. The van der Waals surface area contributed by atoms with Gasteiger partial charge in [0.2, 0.25) is 11.9 Å². The fourth-order valence-corrected chi connectivity index (χ4v) is 10.7. The number of hydrogen-bond donors (Lipinski definition) is 3. The van der Waals surface area contributed by atoms with Gasteiger partial charge in [-0.2, -0.15) is 23.3 Å². The molecule has 4 aromatic carbocycles. The summed E-state index contributed by atoms with van der Waals surface area (Å²) in [6.45, 7) is 11.3. The van der Waals surface area contributed by atoms with Crippen molar-refractivity contribution in [1.29, 1.82) is 0 Å². The van der Waals surface area contributed by atoms with Crippen LogP contribution in [0.1, 0.15) is 82.5 Å². The lowest BCUT2D eigenvalue weighted by Gasteiger charge is -2.39. The molecule has 0 bridgehead atoms. The Hall–Kier alpha value is -8.20. The lowest BCUT2D eigenvalue weighted by Crippen LogP contribution is -2.52. The first-order valence-electron chi connectivity index (χ1n) is 25.8. The summed E-state index contributed by atoms with van der Waals surface area (Å²) in [6, 6.07) is 24.9. The fraction of sp³-hybridized carbons (Fsp3) is 0.375. The number of fused-ring (bicyclic) bond motifs is 3. The van der Waals surface area contributed by atoms with Gasteiger partial charge in [0.1, 0.15) is 23.8 Å². The van der Waals surface area contributed by atoms with E-state index < -0.39 is 34.5 Å². The van der Waals surface area contributed by atoms with E-state index in [0.717, 1.165) is 55.1 Å². The number of piperidine rings is 1. The SMILES string of the molecule is CCOc1cc(N2CCC(C(=O)N3CCN(CCOc4ccc(Nc5cc(-n6nc(C(F)(F)F)c7c6CC(C)(C)CC7=O)ccc5C(N)=O)cc4)CC3)CC2)ccc1Nc1ncc2c(n1)N(C)c1ccccc1C(=O)N2C. The molecule has 2 aromatic heterocycles. The van der Waals surface area contributed by atoms with E-state index in [1.165, 1.54) is 18.2 Å². The van der Waals surface area contributed by atoms with Crippen molar-refractivity contribution in [2.75, 3.05) is 98.5 Å². The van der Waals surface area contributed by atoms with Crippen LogP contribution in [0.5, 0.6) is 11.5 Å². The maximum Gasteiger partial charge on any atom is 0.435 e. The number of anilines is 8. The molecular formula is C56H61F3N12O6. The summed E-state index contributed by atoms with van der Waals surface area (Å²) in [5.41, 5.74) is 8.45. The number of carbonyl (C=O) groups excluding carboxylic acids is 4. The van der Waals surface area contributed by atoms with Crippen LogP contribution in [0, 0.1) is 11.3 Å². The van der Waals surface area contributed by atoms with Crippen molar-refractivity contribution in [1.82, 2.24) is 29.5 Å². The Labute approximate surface area is 443 Å². The lowest BCUT2D eigenvalue weighted by atomic mass is 9.75. The van der Waals surface area contributed by atoms with Crippen LogP contribution in [-0.2, 0) is 17.4 Å². The second kappa shape index (κ2) is 21.1. The molecule has 0 spiro atoms. The van der Waals surface area contributed by atoms with Gasteiger partial charge in [0, 0.05) is 89.7 Å². The van der Waals surface area contributed by atoms with Crippen LogP contribution in [0.2, 0.25) is 0 Å². The number of nitrogens with zero attached hydrogens (tertiary/aromatic N) is 9. The molecule has 3 aliphatic heterocycles. The van der Waals surface area contributed by atoms with Crippen LogP contribution in [0.15, 0.2) is 91.1 Å². The number of alkyl halides is 3. The molecule has 6 aromatic rings.